The molecule has 2 nitrogen and oxygen atoms in total. The lowest BCUT2D eigenvalue weighted by molar-refractivity contribution is 0.0559. The zero-order valence-corrected chi connectivity index (χ0v) is 29.7. The molecule has 0 unspecified atom stereocenters. The molecule has 1 aliphatic carbocycles. The second kappa shape index (κ2) is 14.2. The van der Waals surface area contributed by atoms with Crippen molar-refractivity contribution < 1.29 is 9.16 Å². The molecule has 1 aliphatic heterocycles. The van der Waals surface area contributed by atoms with Crippen molar-refractivity contribution in [2.75, 3.05) is 0 Å². The van der Waals surface area contributed by atoms with E-state index in [9.17, 15) is 0 Å². The average Bonchev–Trinajstić information content (AvgIpc) is 2.90. The molecular formula is C38H62O2Si. The predicted molar refractivity (Wildman–Crippen MR) is 182 cm³/mol. The molecule has 0 N–H and O–H groups in total. The van der Waals surface area contributed by atoms with Gasteiger partial charge in [0.1, 0.15) is 17.1 Å². The second-order valence-corrected chi connectivity index (χ2v) is 19.8. The zero-order chi connectivity index (χ0) is 30.4. The molecule has 1 aromatic carbocycles. The van der Waals surface area contributed by atoms with Gasteiger partial charge in [-0.15, -0.1) is 0 Å². The molecule has 0 saturated heterocycles. The maximum atomic E-state index is 6.88. The van der Waals surface area contributed by atoms with E-state index in [-0.39, 0.29) is 10.6 Å². The fourth-order valence-electron chi connectivity index (χ4n) is 6.11. The highest BCUT2D eigenvalue weighted by Gasteiger charge is 2.41. The Morgan fingerprint density at radius 2 is 1.46 bits per heavy atom. The molecule has 1 aromatic rings. The fraction of sp³-hybridized carbons (Fsp3) is 0.684. The molecule has 1 saturated carbocycles. The molecular weight excluding hydrogens is 517 g/mol. The molecule has 0 bridgehead atoms. The number of fused-ring (bicyclic) bond motifs is 1. The topological polar surface area (TPSA) is 18.5 Å². The highest BCUT2D eigenvalue weighted by Crippen LogP contribution is 2.47. The molecule has 2 aliphatic rings. The Morgan fingerprint density at radius 1 is 0.854 bits per heavy atom. The van der Waals surface area contributed by atoms with Gasteiger partial charge in [0.05, 0.1) is 0 Å². The lowest BCUT2D eigenvalue weighted by Gasteiger charge is -2.41. The van der Waals surface area contributed by atoms with Crippen LogP contribution in [-0.2, 0) is 6.42 Å². The van der Waals surface area contributed by atoms with Gasteiger partial charge in [0.25, 0.3) is 8.32 Å². The molecule has 0 aromatic heterocycles. The Bertz CT molecular complexity index is 1140. The summed E-state index contributed by atoms with van der Waals surface area (Å²) in [5.41, 5.74) is 9.82. The van der Waals surface area contributed by atoms with Gasteiger partial charge in [0, 0.05) is 5.56 Å². The van der Waals surface area contributed by atoms with Gasteiger partial charge in [-0.05, 0) is 153 Å². The van der Waals surface area contributed by atoms with E-state index in [0.29, 0.717) is 0 Å². The van der Waals surface area contributed by atoms with Crippen LogP contribution >= 0.6 is 0 Å². The smallest absolute Gasteiger partial charge is 0.250 e. The molecule has 0 amide bonds. The summed E-state index contributed by atoms with van der Waals surface area (Å²) in [6.45, 7) is 25.3. The van der Waals surface area contributed by atoms with Crippen LogP contribution in [0.1, 0.15) is 141 Å². The van der Waals surface area contributed by atoms with E-state index in [1.165, 1.54) is 72.8 Å². The Labute approximate surface area is 255 Å². The molecule has 230 valence electrons. The molecule has 0 spiro atoms. The van der Waals surface area contributed by atoms with E-state index in [1.807, 2.05) is 0 Å². The minimum absolute atomic E-state index is 0.113. The van der Waals surface area contributed by atoms with Gasteiger partial charge in [-0.25, -0.2) is 0 Å². The van der Waals surface area contributed by atoms with Crippen LogP contribution in [0.3, 0.4) is 0 Å². The van der Waals surface area contributed by atoms with Crippen molar-refractivity contribution >= 4 is 8.32 Å². The van der Waals surface area contributed by atoms with Gasteiger partial charge >= 0.3 is 0 Å². The summed E-state index contributed by atoms with van der Waals surface area (Å²) >= 11 is 0. The molecule has 41 heavy (non-hydrogen) atoms. The number of allylic oxidation sites excluding steroid dienone is 6. The molecule has 1 atom stereocenters. The Balaban J connectivity index is 1.54. The van der Waals surface area contributed by atoms with Crippen molar-refractivity contribution in [1.82, 2.24) is 0 Å². The number of hydrogen-bond donors (Lipinski definition) is 0. The van der Waals surface area contributed by atoms with Crippen LogP contribution < -0.4 is 9.16 Å². The summed E-state index contributed by atoms with van der Waals surface area (Å²) in [6, 6.07) is 0. The van der Waals surface area contributed by atoms with Crippen LogP contribution in [0, 0.1) is 20.8 Å². The van der Waals surface area contributed by atoms with Crippen molar-refractivity contribution in [3.05, 3.63) is 57.2 Å². The lowest BCUT2D eigenvalue weighted by Crippen LogP contribution is -2.44. The van der Waals surface area contributed by atoms with E-state index < -0.39 is 8.32 Å². The summed E-state index contributed by atoms with van der Waals surface area (Å²) in [5, 5.41) is 0.178. The van der Waals surface area contributed by atoms with Gasteiger partial charge < -0.3 is 9.16 Å². The average molecular weight is 579 g/mol. The minimum atomic E-state index is -1.92. The zero-order valence-electron chi connectivity index (χ0n) is 28.7. The number of hydrogen-bond acceptors (Lipinski definition) is 2. The first kappa shape index (κ1) is 33.8. The van der Waals surface area contributed by atoms with Crippen LogP contribution in [0.25, 0.3) is 0 Å². The summed E-state index contributed by atoms with van der Waals surface area (Å²) in [7, 11) is -1.92. The molecule has 1 fully saturated rings. The van der Waals surface area contributed by atoms with E-state index in [2.05, 4.69) is 93.6 Å². The van der Waals surface area contributed by atoms with Crippen LogP contribution in [0.15, 0.2) is 34.9 Å². The van der Waals surface area contributed by atoms with Crippen molar-refractivity contribution in [2.24, 2.45) is 0 Å². The minimum Gasteiger partial charge on any atom is -0.543 e. The SMILES string of the molecule is C/C(=C\CC/C(C)=C/CC[C@]1(C)CCc2c(C)c(O[Si](C)(C)C(C)(C)C)c(C)c(C)c2O1)CCC=C1CCCCC1. The largest absolute Gasteiger partial charge is 0.543 e. The maximum Gasteiger partial charge on any atom is 0.250 e. The third-order valence-corrected chi connectivity index (χ3v) is 14.7. The third kappa shape index (κ3) is 9.12. The third-order valence-electron chi connectivity index (χ3n) is 10.4. The Hall–Kier alpha value is -1.74. The van der Waals surface area contributed by atoms with Crippen molar-refractivity contribution in [3.63, 3.8) is 0 Å². The van der Waals surface area contributed by atoms with Crippen LogP contribution in [0.5, 0.6) is 11.5 Å². The van der Waals surface area contributed by atoms with Crippen LogP contribution in [0.4, 0.5) is 0 Å². The normalized spacial score (nSPS) is 20.5. The first-order valence-electron chi connectivity index (χ1n) is 16.6. The van der Waals surface area contributed by atoms with E-state index in [4.69, 9.17) is 9.16 Å². The Kier molecular flexibility index (Phi) is 11.7. The molecule has 3 rings (SSSR count). The summed E-state index contributed by atoms with van der Waals surface area (Å²) in [4.78, 5) is 0. The number of rotatable bonds is 11. The lowest BCUT2D eigenvalue weighted by atomic mass is 9.85. The van der Waals surface area contributed by atoms with Gasteiger partial charge in [-0.2, -0.15) is 0 Å². The van der Waals surface area contributed by atoms with Crippen molar-refractivity contribution in [3.8, 4) is 11.5 Å². The molecule has 3 heteroatoms. The van der Waals surface area contributed by atoms with Gasteiger partial charge in [0.15, 0.2) is 0 Å². The first-order chi connectivity index (χ1) is 19.1. The van der Waals surface area contributed by atoms with Gasteiger partial charge in [-0.1, -0.05) is 62.1 Å². The van der Waals surface area contributed by atoms with Crippen molar-refractivity contribution in [2.45, 2.75) is 170 Å². The first-order valence-corrected chi connectivity index (χ1v) is 19.5. The fourth-order valence-corrected chi connectivity index (χ4v) is 7.23. The second-order valence-electron chi connectivity index (χ2n) is 15.1. The summed E-state index contributed by atoms with van der Waals surface area (Å²) < 4.78 is 13.7. The predicted octanol–water partition coefficient (Wildman–Crippen LogP) is 12.2. The molecule has 1 heterocycles. The van der Waals surface area contributed by atoms with Crippen LogP contribution in [0.2, 0.25) is 18.1 Å². The van der Waals surface area contributed by atoms with E-state index in [1.54, 1.807) is 11.1 Å². The summed E-state index contributed by atoms with van der Waals surface area (Å²) in [6.07, 6.45) is 23.4. The number of ether oxygens (including phenoxy) is 1. The maximum absolute atomic E-state index is 6.88. The highest BCUT2D eigenvalue weighted by molar-refractivity contribution is 6.74. The number of benzene rings is 1. The standard InChI is InChI=1S/C38H62O2Si/c1-28(20-16-24-33-22-13-12-14-23-33)18-15-19-29(2)21-17-26-38(9)27-25-34-32(5)35(30(3)31(4)36(34)39-38)40-41(10,11)37(6,7)8/h18,21,24H,12-17,19-20,22-23,25-27H2,1-11H3/b28-18+,29-21+/t38-/m1/s1. The van der Waals surface area contributed by atoms with Crippen molar-refractivity contribution in [1.29, 1.82) is 0 Å². The van der Waals surface area contributed by atoms with E-state index >= 15 is 0 Å². The Morgan fingerprint density at radius 3 is 2.10 bits per heavy atom. The molecule has 0 radical (unpaired) electrons. The van der Waals surface area contributed by atoms with E-state index in [0.717, 1.165) is 50.0 Å². The highest BCUT2D eigenvalue weighted by atomic mass is 28.4. The van der Waals surface area contributed by atoms with Gasteiger partial charge in [-0.3, -0.25) is 0 Å². The summed E-state index contributed by atoms with van der Waals surface area (Å²) in [5.74, 6) is 2.24. The quantitative estimate of drug-likeness (QED) is 0.192. The van der Waals surface area contributed by atoms with Gasteiger partial charge in [0.2, 0.25) is 0 Å². The van der Waals surface area contributed by atoms with Crippen LogP contribution in [-0.4, -0.2) is 13.9 Å². The monoisotopic (exact) mass is 578 g/mol.